The molecule has 4 heteroatoms. The largest absolute Gasteiger partial charge is 0.396 e. The molecular formula is C16H19N3O. The number of nitrogens with one attached hydrogen (secondary N) is 1. The lowest BCUT2D eigenvalue weighted by Gasteiger charge is -2.06. The van der Waals surface area contributed by atoms with Gasteiger partial charge in [0.2, 0.25) is 5.95 Å². The first kappa shape index (κ1) is 13.1. The van der Waals surface area contributed by atoms with Crippen molar-refractivity contribution in [2.75, 3.05) is 18.5 Å². The second-order valence-corrected chi connectivity index (χ2v) is 5.14. The molecular weight excluding hydrogens is 250 g/mol. The molecule has 20 heavy (non-hydrogen) atoms. The second-order valence-electron chi connectivity index (χ2n) is 5.14. The molecule has 104 valence electrons. The zero-order valence-electron chi connectivity index (χ0n) is 11.5. The van der Waals surface area contributed by atoms with E-state index < -0.39 is 0 Å². The first-order chi connectivity index (χ1) is 9.86. The van der Waals surface area contributed by atoms with Gasteiger partial charge in [-0.25, -0.2) is 9.97 Å². The van der Waals surface area contributed by atoms with Gasteiger partial charge in [-0.05, 0) is 42.4 Å². The van der Waals surface area contributed by atoms with Crippen molar-refractivity contribution in [2.45, 2.75) is 25.7 Å². The molecule has 1 heterocycles. The third-order valence-electron chi connectivity index (χ3n) is 3.70. The summed E-state index contributed by atoms with van der Waals surface area (Å²) >= 11 is 0. The maximum atomic E-state index is 8.73. The summed E-state index contributed by atoms with van der Waals surface area (Å²) in [5, 5.41) is 11.8. The molecule has 0 saturated heterocycles. The van der Waals surface area contributed by atoms with Crippen molar-refractivity contribution < 1.29 is 5.11 Å². The van der Waals surface area contributed by atoms with E-state index >= 15 is 0 Å². The summed E-state index contributed by atoms with van der Waals surface area (Å²) in [5.41, 5.74) is 5.18. The fraction of sp³-hybridized carbons (Fsp3) is 0.375. The van der Waals surface area contributed by atoms with Crippen molar-refractivity contribution in [1.82, 2.24) is 9.97 Å². The first-order valence-electron chi connectivity index (χ1n) is 7.16. The number of nitrogens with zero attached hydrogens (tertiary/aromatic N) is 2. The molecule has 1 aliphatic carbocycles. The molecule has 0 unspecified atom stereocenters. The molecule has 2 N–H and O–H groups in total. The van der Waals surface area contributed by atoms with E-state index in [9.17, 15) is 0 Å². The summed E-state index contributed by atoms with van der Waals surface area (Å²) in [6.45, 7) is 0.870. The molecule has 4 nitrogen and oxygen atoms in total. The smallest absolute Gasteiger partial charge is 0.222 e. The number of aliphatic hydroxyl groups excluding tert-OH is 1. The van der Waals surface area contributed by atoms with Crippen LogP contribution in [0, 0.1) is 0 Å². The number of rotatable bonds is 5. The fourth-order valence-corrected chi connectivity index (χ4v) is 2.60. The third-order valence-corrected chi connectivity index (χ3v) is 3.70. The number of hydrogen-bond donors (Lipinski definition) is 2. The molecule has 0 radical (unpaired) electrons. The molecule has 0 amide bonds. The number of benzene rings is 1. The van der Waals surface area contributed by atoms with Gasteiger partial charge in [-0.1, -0.05) is 18.2 Å². The van der Waals surface area contributed by atoms with E-state index in [0.717, 1.165) is 5.56 Å². The zero-order chi connectivity index (χ0) is 13.8. The third kappa shape index (κ3) is 2.80. The summed E-state index contributed by atoms with van der Waals surface area (Å²) in [6.07, 6.45) is 8.07. The van der Waals surface area contributed by atoms with E-state index in [4.69, 9.17) is 5.11 Å². The lowest BCUT2D eigenvalue weighted by molar-refractivity contribution is 0.292. The topological polar surface area (TPSA) is 58.0 Å². The van der Waals surface area contributed by atoms with Crippen LogP contribution in [0.5, 0.6) is 0 Å². The number of fused-ring (bicyclic) bond motifs is 1. The van der Waals surface area contributed by atoms with Gasteiger partial charge in [0.25, 0.3) is 0 Å². The van der Waals surface area contributed by atoms with Crippen molar-refractivity contribution in [3.63, 3.8) is 0 Å². The van der Waals surface area contributed by atoms with Crippen molar-refractivity contribution in [3.8, 4) is 11.1 Å². The van der Waals surface area contributed by atoms with Gasteiger partial charge in [0.05, 0.1) is 0 Å². The van der Waals surface area contributed by atoms with Gasteiger partial charge in [-0.3, -0.25) is 0 Å². The van der Waals surface area contributed by atoms with Crippen molar-refractivity contribution in [2.24, 2.45) is 0 Å². The normalized spacial score (nSPS) is 13.2. The average Bonchev–Trinajstić information content (AvgIpc) is 2.96. The Labute approximate surface area is 118 Å². The zero-order valence-corrected chi connectivity index (χ0v) is 11.5. The van der Waals surface area contributed by atoms with Crippen molar-refractivity contribution >= 4 is 5.95 Å². The Morgan fingerprint density at radius 2 is 1.85 bits per heavy atom. The SMILES string of the molecule is OCCCNc1ncc(-c2ccc3c(c2)CCC3)cn1. The molecule has 0 bridgehead atoms. The minimum Gasteiger partial charge on any atom is -0.396 e. The van der Waals surface area contributed by atoms with E-state index in [2.05, 4.69) is 33.5 Å². The van der Waals surface area contributed by atoms with Crippen LogP contribution in [0.1, 0.15) is 24.0 Å². The average molecular weight is 269 g/mol. The van der Waals surface area contributed by atoms with Crippen LogP contribution in [0.4, 0.5) is 5.95 Å². The van der Waals surface area contributed by atoms with Gasteiger partial charge in [0.1, 0.15) is 0 Å². The van der Waals surface area contributed by atoms with Crippen LogP contribution in [0.2, 0.25) is 0 Å². The van der Waals surface area contributed by atoms with Crippen LogP contribution in [-0.4, -0.2) is 28.2 Å². The minimum absolute atomic E-state index is 0.181. The Hall–Kier alpha value is -1.94. The lowest BCUT2D eigenvalue weighted by atomic mass is 10.0. The number of aryl methyl sites for hydroxylation is 2. The second kappa shape index (κ2) is 6.01. The Kier molecular flexibility index (Phi) is 3.92. The van der Waals surface area contributed by atoms with Crippen LogP contribution < -0.4 is 5.32 Å². The summed E-state index contributed by atoms with van der Waals surface area (Å²) in [5.74, 6) is 0.614. The Bertz CT molecular complexity index is 581. The highest BCUT2D eigenvalue weighted by molar-refractivity contribution is 5.64. The first-order valence-corrected chi connectivity index (χ1v) is 7.16. The quantitative estimate of drug-likeness (QED) is 0.818. The van der Waals surface area contributed by atoms with Gasteiger partial charge in [0, 0.05) is 31.1 Å². The number of aliphatic hydroxyl groups is 1. The van der Waals surface area contributed by atoms with E-state index in [0.29, 0.717) is 18.9 Å². The Morgan fingerprint density at radius 1 is 1.05 bits per heavy atom. The van der Waals surface area contributed by atoms with Gasteiger partial charge in [0.15, 0.2) is 0 Å². The van der Waals surface area contributed by atoms with Crippen LogP contribution in [0.25, 0.3) is 11.1 Å². The van der Waals surface area contributed by atoms with Gasteiger partial charge < -0.3 is 10.4 Å². The molecule has 0 saturated carbocycles. The highest BCUT2D eigenvalue weighted by Gasteiger charge is 2.11. The van der Waals surface area contributed by atoms with E-state index in [1.165, 1.54) is 36.0 Å². The predicted molar refractivity (Wildman–Crippen MR) is 79.7 cm³/mol. The van der Waals surface area contributed by atoms with Gasteiger partial charge in [-0.2, -0.15) is 0 Å². The lowest BCUT2D eigenvalue weighted by Crippen LogP contribution is -2.06. The highest BCUT2D eigenvalue weighted by Crippen LogP contribution is 2.27. The maximum Gasteiger partial charge on any atom is 0.222 e. The molecule has 2 aromatic rings. The van der Waals surface area contributed by atoms with E-state index in [1.807, 2.05) is 12.4 Å². The van der Waals surface area contributed by atoms with Gasteiger partial charge in [-0.15, -0.1) is 0 Å². The fourth-order valence-electron chi connectivity index (χ4n) is 2.60. The highest BCUT2D eigenvalue weighted by atomic mass is 16.3. The maximum absolute atomic E-state index is 8.73. The molecule has 1 aromatic heterocycles. The van der Waals surface area contributed by atoms with Gasteiger partial charge >= 0.3 is 0 Å². The number of anilines is 1. The number of aromatic nitrogens is 2. The van der Waals surface area contributed by atoms with E-state index in [-0.39, 0.29) is 6.61 Å². The monoisotopic (exact) mass is 269 g/mol. The Morgan fingerprint density at radius 3 is 2.65 bits per heavy atom. The molecule has 1 aliphatic rings. The van der Waals surface area contributed by atoms with Crippen LogP contribution >= 0.6 is 0 Å². The molecule has 3 rings (SSSR count). The van der Waals surface area contributed by atoms with Crippen LogP contribution in [-0.2, 0) is 12.8 Å². The molecule has 1 aromatic carbocycles. The summed E-state index contributed by atoms with van der Waals surface area (Å²) in [7, 11) is 0. The van der Waals surface area contributed by atoms with E-state index in [1.54, 1.807) is 0 Å². The summed E-state index contributed by atoms with van der Waals surface area (Å²) < 4.78 is 0. The molecule has 0 spiro atoms. The van der Waals surface area contributed by atoms with Crippen molar-refractivity contribution in [1.29, 1.82) is 0 Å². The number of hydrogen-bond acceptors (Lipinski definition) is 4. The standard InChI is InChI=1S/C16H19N3O/c20-8-2-7-17-16-18-10-15(11-19-16)14-6-5-12-3-1-4-13(12)9-14/h5-6,9-11,20H,1-4,7-8H2,(H,17,18,19). The Balaban J connectivity index is 1.74. The molecule has 0 fully saturated rings. The minimum atomic E-state index is 0.181. The van der Waals surface area contributed by atoms with Crippen molar-refractivity contribution in [3.05, 3.63) is 41.7 Å². The van der Waals surface area contributed by atoms with Crippen LogP contribution in [0.15, 0.2) is 30.6 Å². The predicted octanol–water partition coefficient (Wildman–Crippen LogP) is 2.43. The van der Waals surface area contributed by atoms with Crippen LogP contribution in [0.3, 0.4) is 0 Å². The molecule has 0 atom stereocenters. The molecule has 0 aliphatic heterocycles. The summed E-state index contributed by atoms with van der Waals surface area (Å²) in [6, 6.07) is 6.65. The summed E-state index contributed by atoms with van der Waals surface area (Å²) in [4.78, 5) is 8.63.